The van der Waals surface area contributed by atoms with Crippen LogP contribution in [0.15, 0.2) is 17.5 Å². The molecule has 1 fully saturated rings. The minimum Gasteiger partial charge on any atom is -0.321 e. The molecule has 2 rings (SSSR count). The fraction of sp³-hybridized carbons (Fsp3) is 0.500. The summed E-state index contributed by atoms with van der Waals surface area (Å²) < 4.78 is 36.4. The van der Waals surface area contributed by atoms with Crippen LogP contribution < -0.4 is 5.32 Å². The maximum atomic E-state index is 12.1. The van der Waals surface area contributed by atoms with Crippen LogP contribution in [0.5, 0.6) is 0 Å². The van der Waals surface area contributed by atoms with Gasteiger partial charge in [-0.05, 0) is 11.4 Å². The lowest BCUT2D eigenvalue weighted by Crippen LogP contribution is -2.33. The van der Waals surface area contributed by atoms with Crippen molar-refractivity contribution in [2.45, 2.75) is 18.8 Å². The first kappa shape index (κ1) is 12.4. The maximum absolute atomic E-state index is 12.1. The molecule has 1 amide bonds. The second-order valence-corrected chi connectivity index (χ2v) is 4.73. The monoisotopic (exact) mass is 264 g/mol. The Labute approximate surface area is 100 Å². The van der Waals surface area contributed by atoms with E-state index in [1.165, 1.54) is 16.2 Å². The number of hydrogen-bond donors (Lipinski definition) is 1. The van der Waals surface area contributed by atoms with E-state index >= 15 is 0 Å². The number of halogens is 3. The average molecular weight is 264 g/mol. The lowest BCUT2D eigenvalue weighted by molar-refractivity contribution is -0.144. The van der Waals surface area contributed by atoms with Crippen LogP contribution in [-0.2, 0) is 4.79 Å². The van der Waals surface area contributed by atoms with Crippen molar-refractivity contribution in [3.05, 3.63) is 22.4 Å². The standard InChI is InChI=1S/C10H11F3N2OS/c11-10(12,13)3-4-15-8(16)6-14-9(15)7-2-1-5-17-7/h1-2,5,9,14H,3-4,6H2. The van der Waals surface area contributed by atoms with Gasteiger partial charge in [0.2, 0.25) is 5.91 Å². The van der Waals surface area contributed by atoms with Crippen LogP contribution in [0.3, 0.4) is 0 Å². The summed E-state index contributed by atoms with van der Waals surface area (Å²) in [6.07, 6.45) is -5.62. The van der Waals surface area contributed by atoms with Gasteiger partial charge in [0.15, 0.2) is 0 Å². The SMILES string of the molecule is O=C1CNC(c2cccs2)N1CCC(F)(F)F. The molecular formula is C10H11F3N2OS. The predicted octanol–water partition coefficient (Wildman–Crippen LogP) is 2.13. The molecule has 0 aromatic carbocycles. The quantitative estimate of drug-likeness (QED) is 0.907. The zero-order chi connectivity index (χ0) is 12.5. The first-order valence-corrected chi connectivity index (χ1v) is 5.98. The van der Waals surface area contributed by atoms with Gasteiger partial charge in [0.05, 0.1) is 13.0 Å². The zero-order valence-corrected chi connectivity index (χ0v) is 9.64. The molecule has 1 N–H and O–H groups in total. The van der Waals surface area contributed by atoms with Crippen LogP contribution in [-0.4, -0.2) is 30.1 Å². The second kappa shape index (κ2) is 4.66. The Balaban J connectivity index is 2.05. The van der Waals surface area contributed by atoms with E-state index in [0.717, 1.165) is 4.88 Å². The molecule has 1 aromatic heterocycles. The van der Waals surface area contributed by atoms with E-state index in [1.807, 2.05) is 17.5 Å². The first-order chi connectivity index (χ1) is 7.97. The summed E-state index contributed by atoms with van der Waals surface area (Å²) in [6, 6.07) is 3.62. The fourth-order valence-corrected chi connectivity index (χ4v) is 2.55. The maximum Gasteiger partial charge on any atom is 0.390 e. The molecule has 7 heteroatoms. The number of amides is 1. The summed E-state index contributed by atoms with van der Waals surface area (Å²) in [7, 11) is 0. The largest absolute Gasteiger partial charge is 0.390 e. The molecule has 0 spiro atoms. The van der Waals surface area contributed by atoms with Crippen LogP contribution >= 0.6 is 11.3 Å². The third-order valence-electron chi connectivity index (χ3n) is 2.53. The highest BCUT2D eigenvalue weighted by atomic mass is 32.1. The summed E-state index contributed by atoms with van der Waals surface area (Å²) in [5, 5.41) is 4.75. The van der Waals surface area contributed by atoms with Gasteiger partial charge < -0.3 is 4.90 Å². The van der Waals surface area contributed by atoms with Crippen LogP contribution in [0, 0.1) is 0 Å². The van der Waals surface area contributed by atoms with Gasteiger partial charge in [-0.2, -0.15) is 13.2 Å². The molecule has 17 heavy (non-hydrogen) atoms. The van der Waals surface area contributed by atoms with Crippen LogP contribution in [0.2, 0.25) is 0 Å². The Morgan fingerprint density at radius 2 is 2.29 bits per heavy atom. The molecule has 94 valence electrons. The van der Waals surface area contributed by atoms with Gasteiger partial charge in [0.1, 0.15) is 6.17 Å². The summed E-state index contributed by atoms with van der Waals surface area (Å²) in [5.41, 5.74) is 0. The van der Waals surface area contributed by atoms with Crippen molar-refractivity contribution >= 4 is 17.2 Å². The highest BCUT2D eigenvalue weighted by molar-refractivity contribution is 7.10. The number of nitrogens with one attached hydrogen (secondary N) is 1. The molecule has 0 aliphatic carbocycles. The Morgan fingerprint density at radius 1 is 1.53 bits per heavy atom. The minimum atomic E-state index is -4.23. The molecule has 0 radical (unpaired) electrons. The van der Waals surface area contributed by atoms with Crippen molar-refractivity contribution in [2.24, 2.45) is 0 Å². The smallest absolute Gasteiger partial charge is 0.321 e. The van der Waals surface area contributed by atoms with Gasteiger partial charge in [0.25, 0.3) is 0 Å². The molecule has 0 bridgehead atoms. The number of thiophene rings is 1. The Kier molecular flexibility index (Phi) is 3.39. The van der Waals surface area contributed by atoms with E-state index in [2.05, 4.69) is 5.32 Å². The third-order valence-corrected chi connectivity index (χ3v) is 3.45. The molecule has 0 saturated carbocycles. The van der Waals surface area contributed by atoms with Gasteiger partial charge in [-0.3, -0.25) is 10.1 Å². The summed E-state index contributed by atoms with van der Waals surface area (Å²) >= 11 is 1.42. The average Bonchev–Trinajstić information content (AvgIpc) is 2.82. The topological polar surface area (TPSA) is 32.3 Å². The summed E-state index contributed by atoms with van der Waals surface area (Å²) in [4.78, 5) is 13.6. The van der Waals surface area contributed by atoms with Crippen LogP contribution in [0.25, 0.3) is 0 Å². The molecule has 3 nitrogen and oxygen atoms in total. The third kappa shape index (κ3) is 2.98. The number of carbonyl (C=O) groups excluding carboxylic acids is 1. The molecule has 2 heterocycles. The Hall–Kier alpha value is -1.08. The van der Waals surface area contributed by atoms with Gasteiger partial charge in [-0.15, -0.1) is 11.3 Å². The van der Waals surface area contributed by atoms with Gasteiger partial charge in [-0.1, -0.05) is 6.07 Å². The number of carbonyl (C=O) groups is 1. The zero-order valence-electron chi connectivity index (χ0n) is 8.83. The minimum absolute atomic E-state index is 0.0976. The summed E-state index contributed by atoms with van der Waals surface area (Å²) in [6.45, 7) is -0.196. The van der Waals surface area contributed by atoms with E-state index < -0.39 is 18.8 Å². The lowest BCUT2D eigenvalue weighted by Gasteiger charge is -2.23. The normalized spacial score (nSPS) is 21.2. The number of hydrogen-bond acceptors (Lipinski definition) is 3. The molecular weight excluding hydrogens is 253 g/mol. The molecule has 1 unspecified atom stereocenters. The van der Waals surface area contributed by atoms with Crippen molar-refractivity contribution in [2.75, 3.05) is 13.1 Å². The van der Waals surface area contributed by atoms with E-state index in [9.17, 15) is 18.0 Å². The lowest BCUT2D eigenvalue weighted by atomic mass is 10.3. The molecule has 1 saturated heterocycles. The molecule has 1 atom stereocenters. The number of nitrogens with zero attached hydrogens (tertiary/aromatic N) is 1. The number of alkyl halides is 3. The Morgan fingerprint density at radius 3 is 2.88 bits per heavy atom. The van der Waals surface area contributed by atoms with Crippen LogP contribution in [0.1, 0.15) is 17.5 Å². The second-order valence-electron chi connectivity index (χ2n) is 3.75. The van der Waals surface area contributed by atoms with Crippen molar-refractivity contribution in [3.8, 4) is 0 Å². The highest BCUT2D eigenvalue weighted by Crippen LogP contribution is 2.28. The molecule has 1 aromatic rings. The van der Waals surface area contributed by atoms with E-state index in [-0.39, 0.29) is 19.0 Å². The molecule has 1 aliphatic heterocycles. The molecule has 1 aliphatic rings. The van der Waals surface area contributed by atoms with Crippen LogP contribution in [0.4, 0.5) is 13.2 Å². The van der Waals surface area contributed by atoms with Crippen molar-refractivity contribution < 1.29 is 18.0 Å². The Bertz CT molecular complexity index is 391. The van der Waals surface area contributed by atoms with E-state index in [1.54, 1.807) is 0 Å². The number of rotatable bonds is 3. The first-order valence-electron chi connectivity index (χ1n) is 5.10. The fourth-order valence-electron chi connectivity index (χ4n) is 1.74. The van der Waals surface area contributed by atoms with E-state index in [0.29, 0.717) is 0 Å². The van der Waals surface area contributed by atoms with Crippen molar-refractivity contribution in [3.63, 3.8) is 0 Å². The highest BCUT2D eigenvalue weighted by Gasteiger charge is 2.35. The van der Waals surface area contributed by atoms with Crippen molar-refractivity contribution in [1.82, 2.24) is 10.2 Å². The predicted molar refractivity (Wildman–Crippen MR) is 57.4 cm³/mol. The van der Waals surface area contributed by atoms with Crippen molar-refractivity contribution in [1.29, 1.82) is 0 Å². The van der Waals surface area contributed by atoms with E-state index in [4.69, 9.17) is 0 Å². The van der Waals surface area contributed by atoms with Gasteiger partial charge >= 0.3 is 6.18 Å². The van der Waals surface area contributed by atoms with Gasteiger partial charge in [-0.25, -0.2) is 0 Å². The summed E-state index contributed by atoms with van der Waals surface area (Å²) in [5.74, 6) is -0.285. The van der Waals surface area contributed by atoms with Gasteiger partial charge in [0, 0.05) is 11.4 Å².